The van der Waals surface area contributed by atoms with E-state index in [1.807, 2.05) is 54.8 Å². The Morgan fingerprint density at radius 3 is 2.76 bits per heavy atom. The monoisotopic (exact) mass is 517 g/mol. The number of amides is 1. The molecule has 3 aromatic rings. The smallest absolute Gasteiger partial charge is 0.255 e. The van der Waals surface area contributed by atoms with E-state index in [9.17, 15) is 4.79 Å². The lowest BCUT2D eigenvalue weighted by molar-refractivity contribution is -0.197. The first-order valence-corrected chi connectivity index (χ1v) is 13.7. The predicted molar refractivity (Wildman–Crippen MR) is 143 cm³/mol. The zero-order valence-electron chi connectivity index (χ0n) is 21.9. The molecule has 5 atom stereocenters. The molecule has 5 heterocycles. The van der Waals surface area contributed by atoms with Crippen LogP contribution in [0.1, 0.15) is 49.7 Å². The number of benzene rings is 2. The number of carbonyl (C=O) groups excluding carboxylic acids is 1. The maximum absolute atomic E-state index is 12.8. The van der Waals surface area contributed by atoms with E-state index in [0.717, 1.165) is 31.7 Å². The molecular formula is C29H35N5O4. The van der Waals surface area contributed by atoms with Gasteiger partial charge in [-0.3, -0.25) is 9.69 Å². The molecule has 38 heavy (non-hydrogen) atoms. The molecule has 4 fully saturated rings. The molecule has 4 saturated heterocycles. The number of fused-ring (bicyclic) bond motifs is 2. The Hall–Kier alpha value is -2.82. The molecule has 2 N–H and O–H groups in total. The van der Waals surface area contributed by atoms with Crippen LogP contribution in [-0.4, -0.2) is 76.2 Å². The maximum atomic E-state index is 12.8. The molecule has 0 saturated carbocycles. The minimum Gasteiger partial charge on any atom is -0.348 e. The molecule has 0 radical (unpaired) electrons. The lowest BCUT2D eigenvalue weighted by Gasteiger charge is -2.28. The third kappa shape index (κ3) is 4.23. The van der Waals surface area contributed by atoms with Crippen molar-refractivity contribution < 1.29 is 19.0 Å². The van der Waals surface area contributed by atoms with Crippen molar-refractivity contribution in [2.45, 2.75) is 69.0 Å². The van der Waals surface area contributed by atoms with Crippen LogP contribution >= 0.6 is 0 Å². The molecule has 0 bridgehead atoms. The number of aromatic nitrogens is 2. The second-order valence-electron chi connectivity index (χ2n) is 11.6. The fourth-order valence-corrected chi connectivity index (χ4v) is 6.76. The van der Waals surface area contributed by atoms with Crippen molar-refractivity contribution in [2.75, 3.05) is 31.5 Å². The number of carbonyl (C=O) groups is 1. The fraction of sp³-hybridized carbons (Fsp3) is 0.517. The number of anilines is 1. The molecule has 9 heteroatoms. The number of likely N-dealkylation sites (tertiary alicyclic amines) is 1. The molecule has 1 unspecified atom stereocenters. The number of nitrogens with one attached hydrogen (secondary N) is 2. The molecule has 2 aromatic carbocycles. The third-order valence-corrected chi connectivity index (χ3v) is 8.49. The molecule has 200 valence electrons. The van der Waals surface area contributed by atoms with Gasteiger partial charge in [-0.15, -0.1) is 0 Å². The molecule has 1 spiro atoms. The molecule has 4 aliphatic heterocycles. The number of hydrogen-bond acceptors (Lipinski definition) is 7. The van der Waals surface area contributed by atoms with Gasteiger partial charge in [-0.2, -0.15) is 0 Å². The van der Waals surface area contributed by atoms with Gasteiger partial charge in [-0.1, -0.05) is 24.3 Å². The van der Waals surface area contributed by atoms with E-state index in [4.69, 9.17) is 19.2 Å². The standard InChI is InChI=1S/C29H35N5O4/c1-28(2)37-24-22(16-33-15-13-29(17-33)12-7-14-31-29)36-27(25(24)38-28)34-18-30-23-20(10-6-11-21(23)34)32-26(35)19-8-4-3-5-9-19/h3-6,8-11,18,22,24-25,27,31H,7,12-17H2,1-2H3,(H,32,35)/t22-,24-,25-,27-,29?/m1/s1. The van der Waals surface area contributed by atoms with Gasteiger partial charge in [0.05, 0.1) is 17.5 Å². The Labute approximate surface area is 222 Å². The Balaban J connectivity index is 1.14. The van der Waals surface area contributed by atoms with Crippen LogP contribution in [0.15, 0.2) is 54.9 Å². The predicted octanol–water partition coefficient (Wildman–Crippen LogP) is 3.53. The lowest BCUT2D eigenvalue weighted by Crippen LogP contribution is -2.45. The zero-order valence-corrected chi connectivity index (χ0v) is 21.9. The molecule has 4 aliphatic rings. The largest absolute Gasteiger partial charge is 0.348 e. The quantitative estimate of drug-likeness (QED) is 0.535. The average molecular weight is 518 g/mol. The fourth-order valence-electron chi connectivity index (χ4n) is 6.76. The van der Waals surface area contributed by atoms with E-state index in [1.54, 1.807) is 18.5 Å². The summed E-state index contributed by atoms with van der Waals surface area (Å²) in [7, 11) is 0. The van der Waals surface area contributed by atoms with E-state index in [0.29, 0.717) is 16.8 Å². The molecule has 1 aromatic heterocycles. The number of hydrogen-bond donors (Lipinski definition) is 2. The Bertz CT molecular complexity index is 1340. The molecule has 0 aliphatic carbocycles. The lowest BCUT2D eigenvalue weighted by atomic mass is 9.97. The summed E-state index contributed by atoms with van der Waals surface area (Å²) >= 11 is 0. The first kappa shape index (κ1) is 24.2. The van der Waals surface area contributed by atoms with Crippen molar-refractivity contribution in [3.8, 4) is 0 Å². The average Bonchev–Trinajstić information content (AvgIpc) is 3.72. The highest BCUT2D eigenvalue weighted by molar-refractivity contribution is 6.08. The second kappa shape index (κ2) is 9.14. The number of rotatable bonds is 5. The van der Waals surface area contributed by atoms with Crippen LogP contribution < -0.4 is 10.6 Å². The molecular weight excluding hydrogens is 482 g/mol. The summed E-state index contributed by atoms with van der Waals surface area (Å²) < 4.78 is 21.5. The summed E-state index contributed by atoms with van der Waals surface area (Å²) in [4.78, 5) is 20.0. The molecule has 9 nitrogen and oxygen atoms in total. The summed E-state index contributed by atoms with van der Waals surface area (Å²) in [5.74, 6) is -0.848. The summed E-state index contributed by atoms with van der Waals surface area (Å²) in [6, 6.07) is 15.0. The van der Waals surface area contributed by atoms with E-state index in [-0.39, 0.29) is 36.0 Å². The van der Waals surface area contributed by atoms with E-state index < -0.39 is 5.79 Å². The summed E-state index contributed by atoms with van der Waals surface area (Å²) in [5.41, 5.74) is 3.13. The third-order valence-electron chi connectivity index (χ3n) is 8.49. The normalized spacial score (nSPS) is 32.4. The van der Waals surface area contributed by atoms with Crippen LogP contribution in [0.25, 0.3) is 11.0 Å². The topological polar surface area (TPSA) is 89.9 Å². The van der Waals surface area contributed by atoms with Crippen LogP contribution in [0.4, 0.5) is 5.69 Å². The van der Waals surface area contributed by atoms with Crippen LogP contribution in [0.5, 0.6) is 0 Å². The van der Waals surface area contributed by atoms with Gasteiger partial charge < -0.3 is 29.4 Å². The van der Waals surface area contributed by atoms with Crippen molar-refractivity contribution in [2.24, 2.45) is 0 Å². The van der Waals surface area contributed by atoms with E-state index >= 15 is 0 Å². The first-order valence-electron chi connectivity index (χ1n) is 13.7. The second-order valence-corrected chi connectivity index (χ2v) is 11.6. The number of ether oxygens (including phenoxy) is 3. The summed E-state index contributed by atoms with van der Waals surface area (Å²) in [6.07, 6.45) is 4.57. The Morgan fingerprint density at radius 2 is 1.95 bits per heavy atom. The van der Waals surface area contributed by atoms with E-state index in [2.05, 4.69) is 15.5 Å². The van der Waals surface area contributed by atoms with Gasteiger partial charge in [-0.05, 0) is 63.9 Å². The zero-order chi connectivity index (χ0) is 25.9. The van der Waals surface area contributed by atoms with Crippen molar-refractivity contribution in [3.05, 3.63) is 60.4 Å². The molecule has 7 rings (SSSR count). The van der Waals surface area contributed by atoms with Crippen molar-refractivity contribution in [1.29, 1.82) is 0 Å². The number of para-hydroxylation sites is 1. The van der Waals surface area contributed by atoms with Gasteiger partial charge in [0.25, 0.3) is 5.91 Å². The van der Waals surface area contributed by atoms with Crippen LogP contribution in [0, 0.1) is 0 Å². The highest BCUT2D eigenvalue weighted by atomic mass is 16.8. The minimum atomic E-state index is -0.680. The van der Waals surface area contributed by atoms with Gasteiger partial charge in [-0.25, -0.2) is 4.98 Å². The Kier molecular flexibility index (Phi) is 5.83. The van der Waals surface area contributed by atoms with Crippen molar-refractivity contribution in [3.63, 3.8) is 0 Å². The minimum absolute atomic E-state index is 0.109. The van der Waals surface area contributed by atoms with Gasteiger partial charge in [0.15, 0.2) is 12.0 Å². The summed E-state index contributed by atoms with van der Waals surface area (Å²) in [6.45, 7) is 7.99. The van der Waals surface area contributed by atoms with Crippen LogP contribution in [0.2, 0.25) is 0 Å². The van der Waals surface area contributed by atoms with Crippen molar-refractivity contribution in [1.82, 2.24) is 19.8 Å². The van der Waals surface area contributed by atoms with Gasteiger partial charge >= 0.3 is 0 Å². The highest BCUT2D eigenvalue weighted by Crippen LogP contribution is 2.45. The van der Waals surface area contributed by atoms with Gasteiger partial charge in [0.2, 0.25) is 0 Å². The Morgan fingerprint density at radius 1 is 1.11 bits per heavy atom. The molecule has 1 amide bonds. The van der Waals surface area contributed by atoms with Crippen LogP contribution in [-0.2, 0) is 14.2 Å². The van der Waals surface area contributed by atoms with Gasteiger partial charge in [0, 0.05) is 30.7 Å². The van der Waals surface area contributed by atoms with Crippen molar-refractivity contribution >= 4 is 22.6 Å². The number of imidazole rings is 1. The highest BCUT2D eigenvalue weighted by Gasteiger charge is 2.56. The van der Waals surface area contributed by atoms with E-state index in [1.165, 1.54) is 19.3 Å². The van der Waals surface area contributed by atoms with Crippen LogP contribution in [0.3, 0.4) is 0 Å². The number of nitrogens with zero attached hydrogens (tertiary/aromatic N) is 3. The SMILES string of the molecule is CC1(C)O[C@@H]2[C@H](O1)[C@@H](CN1CCC3(CCCN3)C1)O[C@H]2n1cnc2c(NC(=O)c3ccccc3)cccc21. The maximum Gasteiger partial charge on any atom is 0.255 e. The summed E-state index contributed by atoms with van der Waals surface area (Å²) in [5, 5.41) is 6.77. The first-order chi connectivity index (χ1) is 18.4. The van der Waals surface area contributed by atoms with Gasteiger partial charge in [0.1, 0.15) is 23.8 Å².